The Morgan fingerprint density at radius 1 is 1.64 bits per heavy atom. The standard InChI is InChI=1S/C9H7BrN2O2/c1-14-9(13)8-6(10)2-3-12-5-11-4-7(8)12/h2-5H,1H3. The molecular formula is C9H7BrN2O2. The highest BCUT2D eigenvalue weighted by Crippen LogP contribution is 2.21. The van der Waals surface area contributed by atoms with Gasteiger partial charge in [0.05, 0.1) is 30.7 Å². The van der Waals surface area contributed by atoms with Crippen LogP contribution in [-0.4, -0.2) is 22.5 Å². The third-order valence-corrected chi connectivity index (χ3v) is 2.59. The second-order valence-electron chi connectivity index (χ2n) is 2.72. The van der Waals surface area contributed by atoms with Gasteiger partial charge in [-0.1, -0.05) is 0 Å². The molecule has 0 aliphatic carbocycles. The minimum absolute atomic E-state index is 0.372. The van der Waals surface area contributed by atoms with E-state index in [1.54, 1.807) is 23.0 Å². The molecule has 2 heterocycles. The Kier molecular flexibility index (Phi) is 2.25. The number of carbonyl (C=O) groups excluding carboxylic acids is 1. The Balaban J connectivity index is 2.76. The van der Waals surface area contributed by atoms with Gasteiger partial charge in [0.1, 0.15) is 0 Å². The zero-order valence-electron chi connectivity index (χ0n) is 7.40. The van der Waals surface area contributed by atoms with Gasteiger partial charge < -0.3 is 9.14 Å². The van der Waals surface area contributed by atoms with E-state index >= 15 is 0 Å². The average Bonchev–Trinajstić information content (AvgIpc) is 2.64. The van der Waals surface area contributed by atoms with Crippen LogP contribution in [0, 0.1) is 0 Å². The van der Waals surface area contributed by atoms with Crippen molar-refractivity contribution in [3.8, 4) is 0 Å². The summed E-state index contributed by atoms with van der Waals surface area (Å²) in [6.07, 6.45) is 5.07. The first-order valence-corrected chi connectivity index (χ1v) is 4.72. The first-order valence-electron chi connectivity index (χ1n) is 3.92. The molecule has 2 aromatic rings. The third-order valence-electron chi connectivity index (χ3n) is 1.93. The molecule has 0 N–H and O–H groups in total. The Morgan fingerprint density at radius 2 is 2.43 bits per heavy atom. The fraction of sp³-hybridized carbons (Fsp3) is 0.111. The summed E-state index contributed by atoms with van der Waals surface area (Å²) >= 11 is 3.30. The lowest BCUT2D eigenvalue weighted by Gasteiger charge is -2.04. The summed E-state index contributed by atoms with van der Waals surface area (Å²) in [5, 5.41) is 0. The topological polar surface area (TPSA) is 43.6 Å². The number of methoxy groups -OCH3 is 1. The van der Waals surface area contributed by atoms with Crippen LogP contribution in [0.4, 0.5) is 0 Å². The number of hydrogen-bond donors (Lipinski definition) is 0. The van der Waals surface area contributed by atoms with Crippen LogP contribution in [0.3, 0.4) is 0 Å². The SMILES string of the molecule is COC(=O)c1c(Br)ccn2cncc12. The minimum Gasteiger partial charge on any atom is -0.465 e. The van der Waals surface area contributed by atoms with E-state index in [0.717, 1.165) is 5.52 Å². The van der Waals surface area contributed by atoms with Gasteiger partial charge in [0.2, 0.25) is 0 Å². The molecular weight excluding hydrogens is 248 g/mol. The minimum atomic E-state index is -0.372. The predicted molar refractivity (Wildman–Crippen MR) is 54.2 cm³/mol. The van der Waals surface area contributed by atoms with E-state index in [1.165, 1.54) is 7.11 Å². The van der Waals surface area contributed by atoms with E-state index in [9.17, 15) is 4.79 Å². The van der Waals surface area contributed by atoms with Crippen molar-refractivity contribution in [2.75, 3.05) is 7.11 Å². The molecule has 14 heavy (non-hydrogen) atoms. The van der Waals surface area contributed by atoms with E-state index in [-0.39, 0.29) is 5.97 Å². The lowest BCUT2D eigenvalue weighted by Crippen LogP contribution is -2.04. The molecule has 0 aromatic carbocycles. The lowest BCUT2D eigenvalue weighted by atomic mass is 10.2. The largest absolute Gasteiger partial charge is 0.465 e. The fourth-order valence-corrected chi connectivity index (χ4v) is 1.76. The van der Waals surface area contributed by atoms with Crippen molar-refractivity contribution in [3.05, 3.63) is 34.8 Å². The van der Waals surface area contributed by atoms with Crippen LogP contribution in [0.15, 0.2) is 29.3 Å². The van der Waals surface area contributed by atoms with E-state index in [0.29, 0.717) is 10.0 Å². The van der Waals surface area contributed by atoms with Crippen molar-refractivity contribution >= 4 is 27.4 Å². The average molecular weight is 255 g/mol. The second-order valence-corrected chi connectivity index (χ2v) is 3.57. The second kappa shape index (κ2) is 3.42. The molecule has 2 aromatic heterocycles. The Labute approximate surface area is 88.6 Å². The van der Waals surface area contributed by atoms with Crippen LogP contribution in [0.1, 0.15) is 10.4 Å². The monoisotopic (exact) mass is 254 g/mol. The Bertz CT molecular complexity index is 493. The molecule has 0 spiro atoms. The number of carbonyl (C=O) groups is 1. The molecule has 0 fully saturated rings. The molecule has 0 amide bonds. The van der Waals surface area contributed by atoms with E-state index < -0.39 is 0 Å². The molecule has 0 unspecified atom stereocenters. The van der Waals surface area contributed by atoms with Gasteiger partial charge in [-0.2, -0.15) is 0 Å². The maximum Gasteiger partial charge on any atom is 0.341 e. The summed E-state index contributed by atoms with van der Waals surface area (Å²) < 4.78 is 7.15. The van der Waals surface area contributed by atoms with Crippen molar-refractivity contribution in [1.82, 2.24) is 9.38 Å². The summed E-state index contributed by atoms with van der Waals surface area (Å²) in [5.74, 6) is -0.372. The van der Waals surface area contributed by atoms with Gasteiger partial charge in [-0.05, 0) is 22.0 Å². The number of hydrogen-bond acceptors (Lipinski definition) is 3. The first kappa shape index (κ1) is 9.21. The van der Waals surface area contributed by atoms with Gasteiger partial charge in [0.15, 0.2) is 0 Å². The number of aromatic nitrogens is 2. The zero-order chi connectivity index (χ0) is 10.1. The summed E-state index contributed by atoms with van der Waals surface area (Å²) in [6, 6.07) is 1.78. The van der Waals surface area contributed by atoms with E-state index in [1.807, 2.05) is 6.20 Å². The number of pyridine rings is 1. The van der Waals surface area contributed by atoms with Crippen molar-refractivity contribution in [2.45, 2.75) is 0 Å². The third kappa shape index (κ3) is 1.29. The van der Waals surface area contributed by atoms with Gasteiger partial charge in [-0.15, -0.1) is 0 Å². The van der Waals surface area contributed by atoms with Crippen LogP contribution in [0.2, 0.25) is 0 Å². The van der Waals surface area contributed by atoms with Crippen LogP contribution >= 0.6 is 15.9 Å². The van der Waals surface area contributed by atoms with Gasteiger partial charge in [-0.3, -0.25) is 0 Å². The number of imidazole rings is 1. The van der Waals surface area contributed by atoms with Crippen LogP contribution in [0.25, 0.3) is 5.52 Å². The number of ether oxygens (including phenoxy) is 1. The fourth-order valence-electron chi connectivity index (χ4n) is 1.27. The summed E-state index contributed by atoms with van der Waals surface area (Å²) in [6.45, 7) is 0. The quantitative estimate of drug-likeness (QED) is 0.731. The van der Waals surface area contributed by atoms with Gasteiger partial charge in [0.25, 0.3) is 0 Å². The lowest BCUT2D eigenvalue weighted by molar-refractivity contribution is 0.0601. The summed E-state index contributed by atoms with van der Waals surface area (Å²) in [4.78, 5) is 15.4. The number of halogens is 1. The van der Waals surface area contributed by atoms with Crippen molar-refractivity contribution in [3.63, 3.8) is 0 Å². The van der Waals surface area contributed by atoms with Crippen molar-refractivity contribution < 1.29 is 9.53 Å². The van der Waals surface area contributed by atoms with Crippen LogP contribution in [0.5, 0.6) is 0 Å². The molecule has 0 aliphatic rings. The maximum absolute atomic E-state index is 11.5. The van der Waals surface area contributed by atoms with Crippen molar-refractivity contribution in [1.29, 1.82) is 0 Å². The zero-order valence-corrected chi connectivity index (χ0v) is 8.98. The normalized spacial score (nSPS) is 10.4. The smallest absolute Gasteiger partial charge is 0.341 e. The molecule has 0 bridgehead atoms. The Morgan fingerprint density at radius 3 is 3.14 bits per heavy atom. The van der Waals surface area contributed by atoms with Gasteiger partial charge >= 0.3 is 5.97 Å². The number of nitrogens with zero attached hydrogens (tertiary/aromatic N) is 2. The highest BCUT2D eigenvalue weighted by atomic mass is 79.9. The molecule has 4 nitrogen and oxygen atoms in total. The molecule has 0 radical (unpaired) electrons. The van der Waals surface area contributed by atoms with Gasteiger partial charge in [0, 0.05) is 10.7 Å². The molecule has 0 saturated carbocycles. The van der Waals surface area contributed by atoms with Crippen molar-refractivity contribution in [2.24, 2.45) is 0 Å². The molecule has 2 rings (SSSR count). The molecule has 5 heteroatoms. The first-order chi connectivity index (χ1) is 6.74. The van der Waals surface area contributed by atoms with Gasteiger partial charge in [-0.25, -0.2) is 9.78 Å². The Hall–Kier alpha value is -1.36. The van der Waals surface area contributed by atoms with Crippen LogP contribution in [-0.2, 0) is 4.74 Å². The summed E-state index contributed by atoms with van der Waals surface area (Å²) in [5.41, 5.74) is 1.22. The van der Waals surface area contributed by atoms with E-state index in [2.05, 4.69) is 25.7 Å². The molecule has 0 saturated heterocycles. The molecule has 0 aliphatic heterocycles. The highest BCUT2D eigenvalue weighted by molar-refractivity contribution is 9.10. The highest BCUT2D eigenvalue weighted by Gasteiger charge is 2.14. The molecule has 0 atom stereocenters. The van der Waals surface area contributed by atoms with Crippen LogP contribution < -0.4 is 0 Å². The number of rotatable bonds is 1. The molecule has 72 valence electrons. The number of esters is 1. The predicted octanol–water partition coefficient (Wildman–Crippen LogP) is 1.88. The van der Waals surface area contributed by atoms with E-state index in [4.69, 9.17) is 0 Å². The number of fused-ring (bicyclic) bond motifs is 1. The summed E-state index contributed by atoms with van der Waals surface area (Å²) in [7, 11) is 1.36. The maximum atomic E-state index is 11.5.